The fourth-order valence-corrected chi connectivity index (χ4v) is 3.73. The number of nitrogens with zero attached hydrogens (tertiary/aromatic N) is 5. The highest BCUT2D eigenvalue weighted by molar-refractivity contribution is 6.05. The van der Waals surface area contributed by atoms with Crippen LogP contribution < -0.4 is 15.1 Å². The molecule has 9 heteroatoms. The van der Waals surface area contributed by atoms with Crippen molar-refractivity contribution in [1.29, 1.82) is 0 Å². The smallest absolute Gasteiger partial charge is 0.255 e. The summed E-state index contributed by atoms with van der Waals surface area (Å²) in [6.45, 7) is 5.03. The van der Waals surface area contributed by atoms with Gasteiger partial charge >= 0.3 is 0 Å². The first-order valence-electron chi connectivity index (χ1n) is 9.45. The summed E-state index contributed by atoms with van der Waals surface area (Å²) >= 11 is 0. The predicted molar refractivity (Wildman–Crippen MR) is 103 cm³/mol. The summed E-state index contributed by atoms with van der Waals surface area (Å²) in [6.07, 6.45) is 2.23. The lowest BCUT2D eigenvalue weighted by Crippen LogP contribution is -2.43. The second-order valence-corrected chi connectivity index (χ2v) is 7.05. The molecule has 1 unspecified atom stereocenters. The van der Waals surface area contributed by atoms with Gasteiger partial charge in [0.15, 0.2) is 0 Å². The molecule has 2 aromatic heterocycles. The van der Waals surface area contributed by atoms with Crippen LogP contribution in [0.25, 0.3) is 0 Å². The van der Waals surface area contributed by atoms with Gasteiger partial charge in [-0.2, -0.15) is 5.10 Å². The monoisotopic (exact) mass is 384 g/mol. The molecule has 1 N–H and O–H groups in total. The molecule has 28 heavy (non-hydrogen) atoms. The molecule has 0 radical (unpaired) electrons. The van der Waals surface area contributed by atoms with Crippen molar-refractivity contribution in [3.05, 3.63) is 35.7 Å². The lowest BCUT2D eigenvalue weighted by molar-refractivity contribution is -0.118. The summed E-state index contributed by atoms with van der Waals surface area (Å²) in [6, 6.07) is 4.80. The highest BCUT2D eigenvalue weighted by atomic mass is 16.5. The third-order valence-electron chi connectivity index (χ3n) is 5.11. The second-order valence-electron chi connectivity index (χ2n) is 7.05. The first-order chi connectivity index (χ1) is 13.5. The first-order valence-corrected chi connectivity index (χ1v) is 9.45. The Kier molecular flexibility index (Phi) is 4.99. The minimum absolute atomic E-state index is 0.117. The number of carbonyl (C=O) groups excluding carboxylic acids is 2. The van der Waals surface area contributed by atoms with E-state index in [1.807, 2.05) is 24.9 Å². The number of morpholine rings is 1. The predicted octanol–water partition coefficient (Wildman–Crippen LogP) is 0.495. The van der Waals surface area contributed by atoms with Gasteiger partial charge in [-0.05, 0) is 25.5 Å². The van der Waals surface area contributed by atoms with E-state index in [1.54, 1.807) is 27.9 Å². The number of aromatic nitrogens is 3. The largest absolute Gasteiger partial charge is 0.378 e. The number of hydrogen-bond acceptors (Lipinski definition) is 6. The maximum Gasteiger partial charge on any atom is 0.255 e. The maximum absolute atomic E-state index is 12.9. The summed E-state index contributed by atoms with van der Waals surface area (Å²) in [5, 5.41) is 7.19. The topological polar surface area (TPSA) is 92.6 Å². The SMILES string of the molecule is Cc1cc(N2CCC(NC(=O)c3cccnc3N3CCOCC3)C2=O)n(C)n1. The van der Waals surface area contributed by atoms with Crippen molar-refractivity contribution in [2.45, 2.75) is 19.4 Å². The Labute approximate surface area is 163 Å². The fourth-order valence-electron chi connectivity index (χ4n) is 3.73. The van der Waals surface area contributed by atoms with Crippen LogP contribution in [0.3, 0.4) is 0 Å². The lowest BCUT2D eigenvalue weighted by Gasteiger charge is -2.29. The quantitative estimate of drug-likeness (QED) is 0.825. The molecule has 9 nitrogen and oxygen atoms in total. The van der Waals surface area contributed by atoms with Crippen LogP contribution in [0.2, 0.25) is 0 Å². The number of hydrogen-bond donors (Lipinski definition) is 1. The standard InChI is InChI=1S/C19H24N6O3/c1-13-12-16(23(2)22-13)25-7-5-15(19(25)27)21-18(26)14-4-3-6-20-17(14)24-8-10-28-11-9-24/h3-4,6,12,15H,5,7-11H2,1-2H3,(H,21,26). The van der Waals surface area contributed by atoms with E-state index in [0.29, 0.717) is 50.7 Å². The highest BCUT2D eigenvalue weighted by Gasteiger charge is 2.35. The molecule has 0 aliphatic carbocycles. The maximum atomic E-state index is 12.9. The number of aryl methyl sites for hydroxylation is 2. The average molecular weight is 384 g/mol. The Morgan fingerprint density at radius 1 is 1.29 bits per heavy atom. The molecule has 0 saturated carbocycles. The van der Waals surface area contributed by atoms with E-state index in [0.717, 1.165) is 11.5 Å². The molecule has 0 spiro atoms. The van der Waals surface area contributed by atoms with Crippen molar-refractivity contribution >= 4 is 23.5 Å². The Balaban J connectivity index is 1.49. The van der Waals surface area contributed by atoms with Crippen LogP contribution in [-0.2, 0) is 16.6 Å². The summed E-state index contributed by atoms with van der Waals surface area (Å²) in [4.78, 5) is 33.9. The molecule has 2 aromatic rings. The lowest BCUT2D eigenvalue weighted by atomic mass is 10.2. The Morgan fingerprint density at radius 3 is 2.79 bits per heavy atom. The molecule has 2 aliphatic heterocycles. The summed E-state index contributed by atoms with van der Waals surface area (Å²) in [5.74, 6) is 0.978. The van der Waals surface area contributed by atoms with Gasteiger partial charge in [-0.25, -0.2) is 4.98 Å². The number of carbonyl (C=O) groups is 2. The molecule has 0 bridgehead atoms. The second kappa shape index (κ2) is 7.59. The van der Waals surface area contributed by atoms with Gasteiger partial charge in [-0.3, -0.25) is 19.2 Å². The molecule has 4 heterocycles. The zero-order valence-electron chi connectivity index (χ0n) is 16.1. The van der Waals surface area contributed by atoms with Gasteiger partial charge in [0.25, 0.3) is 11.8 Å². The minimum Gasteiger partial charge on any atom is -0.378 e. The molecule has 2 saturated heterocycles. The van der Waals surface area contributed by atoms with E-state index in [4.69, 9.17) is 4.74 Å². The Morgan fingerprint density at radius 2 is 2.07 bits per heavy atom. The number of rotatable bonds is 4. The minimum atomic E-state index is -0.555. The number of pyridine rings is 1. The average Bonchev–Trinajstić information content (AvgIpc) is 3.23. The molecule has 0 aromatic carbocycles. The van der Waals surface area contributed by atoms with Crippen molar-refractivity contribution in [3.8, 4) is 0 Å². The van der Waals surface area contributed by atoms with E-state index >= 15 is 0 Å². The van der Waals surface area contributed by atoms with Crippen molar-refractivity contribution in [1.82, 2.24) is 20.1 Å². The van der Waals surface area contributed by atoms with E-state index in [9.17, 15) is 9.59 Å². The van der Waals surface area contributed by atoms with Gasteiger partial charge in [0, 0.05) is 38.9 Å². The third kappa shape index (κ3) is 3.45. The van der Waals surface area contributed by atoms with Gasteiger partial charge in [0.05, 0.1) is 24.5 Å². The van der Waals surface area contributed by atoms with Crippen LogP contribution in [0.4, 0.5) is 11.6 Å². The van der Waals surface area contributed by atoms with E-state index in [2.05, 4.69) is 15.4 Å². The van der Waals surface area contributed by atoms with Gasteiger partial charge in [-0.1, -0.05) is 0 Å². The zero-order chi connectivity index (χ0) is 19.7. The van der Waals surface area contributed by atoms with Crippen LogP contribution in [0.5, 0.6) is 0 Å². The van der Waals surface area contributed by atoms with Crippen LogP contribution >= 0.6 is 0 Å². The third-order valence-corrected chi connectivity index (χ3v) is 5.11. The number of anilines is 2. The fraction of sp³-hybridized carbons (Fsp3) is 0.474. The van der Waals surface area contributed by atoms with Gasteiger partial charge in [0.1, 0.15) is 17.7 Å². The van der Waals surface area contributed by atoms with Gasteiger partial charge in [-0.15, -0.1) is 0 Å². The summed E-state index contributed by atoms with van der Waals surface area (Å²) < 4.78 is 7.07. The van der Waals surface area contributed by atoms with Gasteiger partial charge < -0.3 is 15.0 Å². The van der Waals surface area contributed by atoms with Crippen LogP contribution in [0.1, 0.15) is 22.5 Å². The van der Waals surface area contributed by atoms with Gasteiger partial charge in [0.2, 0.25) is 0 Å². The molecule has 2 aliphatic rings. The van der Waals surface area contributed by atoms with Crippen molar-refractivity contribution in [3.63, 3.8) is 0 Å². The Bertz CT molecular complexity index is 890. The molecule has 2 amide bonds. The van der Waals surface area contributed by atoms with Crippen LogP contribution in [0, 0.1) is 6.92 Å². The van der Waals surface area contributed by atoms with E-state index in [1.165, 1.54) is 0 Å². The van der Waals surface area contributed by atoms with Crippen molar-refractivity contribution < 1.29 is 14.3 Å². The van der Waals surface area contributed by atoms with Crippen molar-refractivity contribution in [2.24, 2.45) is 7.05 Å². The molecule has 1 atom stereocenters. The zero-order valence-corrected chi connectivity index (χ0v) is 16.1. The first kappa shape index (κ1) is 18.4. The highest BCUT2D eigenvalue weighted by Crippen LogP contribution is 2.23. The summed E-state index contributed by atoms with van der Waals surface area (Å²) in [5.41, 5.74) is 1.33. The molecule has 2 fully saturated rings. The van der Waals surface area contributed by atoms with E-state index < -0.39 is 6.04 Å². The molecular weight excluding hydrogens is 360 g/mol. The molecular formula is C19H24N6O3. The van der Waals surface area contributed by atoms with Crippen LogP contribution in [-0.4, -0.2) is 65.5 Å². The van der Waals surface area contributed by atoms with E-state index in [-0.39, 0.29) is 11.8 Å². The number of amides is 2. The Hall–Kier alpha value is -2.94. The van der Waals surface area contributed by atoms with Crippen LogP contribution in [0.15, 0.2) is 24.4 Å². The normalized spacial score (nSPS) is 19.9. The molecule has 4 rings (SSSR count). The van der Waals surface area contributed by atoms with Crippen molar-refractivity contribution in [2.75, 3.05) is 42.6 Å². The number of nitrogens with one attached hydrogen (secondary N) is 1. The summed E-state index contributed by atoms with van der Waals surface area (Å²) in [7, 11) is 1.81. The molecule has 148 valence electrons. The number of ether oxygens (including phenoxy) is 1.